The van der Waals surface area contributed by atoms with Crippen molar-refractivity contribution < 1.29 is 5.11 Å². The Balaban J connectivity index is 2.16. The summed E-state index contributed by atoms with van der Waals surface area (Å²) in [4.78, 5) is 0. The zero-order chi connectivity index (χ0) is 14.5. The molecule has 0 aliphatic rings. The van der Waals surface area contributed by atoms with Gasteiger partial charge in [0.2, 0.25) is 0 Å². The van der Waals surface area contributed by atoms with E-state index in [-0.39, 0.29) is 6.04 Å². The Morgan fingerprint density at radius 3 is 2.25 bits per heavy atom. The third-order valence-corrected chi connectivity index (χ3v) is 3.67. The molecule has 2 nitrogen and oxygen atoms in total. The van der Waals surface area contributed by atoms with Crippen LogP contribution < -0.4 is 5.32 Å². The van der Waals surface area contributed by atoms with Gasteiger partial charge in [-0.05, 0) is 37.5 Å². The monoisotopic (exact) mass is 269 g/mol. The normalized spacial score (nSPS) is 13.8. The lowest BCUT2D eigenvalue weighted by Gasteiger charge is -2.20. The first-order chi connectivity index (χ1) is 9.61. The van der Waals surface area contributed by atoms with Crippen LogP contribution in [0.3, 0.4) is 0 Å². The number of aliphatic hydroxyl groups is 1. The lowest BCUT2D eigenvalue weighted by atomic mass is 10.0. The molecule has 2 atom stereocenters. The molecule has 106 valence electrons. The highest BCUT2D eigenvalue weighted by Gasteiger charge is 2.10. The number of nitrogens with one attached hydrogen (secondary N) is 1. The molecule has 2 heteroatoms. The minimum Gasteiger partial charge on any atom is -0.389 e. The van der Waals surface area contributed by atoms with Crippen molar-refractivity contribution in [3.63, 3.8) is 0 Å². The molecule has 0 radical (unpaired) electrons. The van der Waals surface area contributed by atoms with Gasteiger partial charge >= 0.3 is 0 Å². The largest absolute Gasteiger partial charge is 0.389 e. The number of hydrogen-bond acceptors (Lipinski definition) is 2. The third kappa shape index (κ3) is 3.40. The minimum absolute atomic E-state index is 0.209. The van der Waals surface area contributed by atoms with Crippen LogP contribution >= 0.6 is 0 Å². The SMILES string of the molecule is CCc1ccc(C(C)Nc2ccccc2C(C)O)cc1. The Morgan fingerprint density at radius 1 is 1.00 bits per heavy atom. The Bertz CT molecular complexity index is 546. The van der Waals surface area contributed by atoms with Crippen LogP contribution in [-0.4, -0.2) is 5.11 Å². The van der Waals surface area contributed by atoms with Crippen LogP contribution in [0.25, 0.3) is 0 Å². The average molecular weight is 269 g/mol. The number of anilines is 1. The van der Waals surface area contributed by atoms with E-state index in [4.69, 9.17) is 0 Å². The molecule has 2 aromatic carbocycles. The van der Waals surface area contributed by atoms with Crippen molar-refractivity contribution in [3.05, 3.63) is 65.2 Å². The molecule has 0 aliphatic heterocycles. The third-order valence-electron chi connectivity index (χ3n) is 3.67. The Labute approximate surface area is 121 Å². The summed E-state index contributed by atoms with van der Waals surface area (Å²) in [6.45, 7) is 6.09. The maximum absolute atomic E-state index is 9.82. The molecule has 2 aromatic rings. The van der Waals surface area contributed by atoms with Crippen LogP contribution in [0.2, 0.25) is 0 Å². The first-order valence-corrected chi connectivity index (χ1v) is 7.24. The Hall–Kier alpha value is -1.80. The number of hydrogen-bond donors (Lipinski definition) is 2. The van der Waals surface area contributed by atoms with Gasteiger partial charge in [0, 0.05) is 17.3 Å². The zero-order valence-electron chi connectivity index (χ0n) is 12.4. The molecule has 0 fully saturated rings. The molecule has 2 unspecified atom stereocenters. The molecule has 0 amide bonds. The standard InChI is InChI=1S/C18H23NO/c1-4-15-9-11-16(12-10-15)13(2)19-18-8-6-5-7-17(18)14(3)20/h5-14,19-20H,4H2,1-3H3. The summed E-state index contributed by atoms with van der Waals surface area (Å²) in [7, 11) is 0. The molecular formula is C18H23NO. The quantitative estimate of drug-likeness (QED) is 0.839. The van der Waals surface area contributed by atoms with Crippen molar-refractivity contribution in [1.29, 1.82) is 0 Å². The second-order valence-corrected chi connectivity index (χ2v) is 5.22. The van der Waals surface area contributed by atoms with E-state index in [2.05, 4.69) is 43.4 Å². The highest BCUT2D eigenvalue weighted by Crippen LogP contribution is 2.26. The number of aryl methyl sites for hydroxylation is 1. The Morgan fingerprint density at radius 2 is 1.65 bits per heavy atom. The summed E-state index contributed by atoms with van der Waals surface area (Å²) in [5.74, 6) is 0. The molecule has 0 spiro atoms. The number of rotatable bonds is 5. The van der Waals surface area contributed by atoms with Crippen LogP contribution in [-0.2, 0) is 6.42 Å². The maximum atomic E-state index is 9.82. The molecule has 20 heavy (non-hydrogen) atoms. The van der Waals surface area contributed by atoms with E-state index in [1.807, 2.05) is 24.3 Å². The molecule has 0 aliphatic carbocycles. The maximum Gasteiger partial charge on any atom is 0.0781 e. The van der Waals surface area contributed by atoms with Gasteiger partial charge in [0.1, 0.15) is 0 Å². The van der Waals surface area contributed by atoms with Gasteiger partial charge in [-0.3, -0.25) is 0 Å². The fourth-order valence-corrected chi connectivity index (χ4v) is 2.35. The van der Waals surface area contributed by atoms with E-state index in [0.717, 1.165) is 17.7 Å². The topological polar surface area (TPSA) is 32.3 Å². The fraction of sp³-hybridized carbons (Fsp3) is 0.333. The van der Waals surface area contributed by atoms with E-state index in [0.29, 0.717) is 0 Å². The van der Waals surface area contributed by atoms with Gasteiger partial charge in [0.15, 0.2) is 0 Å². The lowest BCUT2D eigenvalue weighted by molar-refractivity contribution is 0.200. The molecule has 0 saturated heterocycles. The van der Waals surface area contributed by atoms with Crippen LogP contribution in [0.5, 0.6) is 0 Å². The van der Waals surface area contributed by atoms with Gasteiger partial charge in [0.05, 0.1) is 6.10 Å². The second-order valence-electron chi connectivity index (χ2n) is 5.22. The van der Waals surface area contributed by atoms with E-state index >= 15 is 0 Å². The van der Waals surface area contributed by atoms with E-state index in [1.165, 1.54) is 11.1 Å². The summed E-state index contributed by atoms with van der Waals surface area (Å²) in [6, 6.07) is 16.8. The van der Waals surface area contributed by atoms with Crippen molar-refractivity contribution >= 4 is 5.69 Å². The molecule has 2 N–H and O–H groups in total. The summed E-state index contributed by atoms with van der Waals surface area (Å²) in [6.07, 6.45) is 0.598. The van der Waals surface area contributed by atoms with E-state index in [1.54, 1.807) is 6.92 Å². The van der Waals surface area contributed by atoms with Crippen LogP contribution in [0.1, 0.15) is 49.6 Å². The van der Waals surface area contributed by atoms with Crippen LogP contribution in [0.4, 0.5) is 5.69 Å². The predicted molar refractivity (Wildman–Crippen MR) is 84.9 cm³/mol. The van der Waals surface area contributed by atoms with Crippen molar-refractivity contribution in [3.8, 4) is 0 Å². The summed E-state index contributed by atoms with van der Waals surface area (Å²) < 4.78 is 0. The second kappa shape index (κ2) is 6.58. The highest BCUT2D eigenvalue weighted by atomic mass is 16.3. The number of para-hydroxylation sites is 1. The average Bonchev–Trinajstić information content (AvgIpc) is 2.47. The van der Waals surface area contributed by atoms with Crippen molar-refractivity contribution in [2.75, 3.05) is 5.32 Å². The molecule has 0 heterocycles. The minimum atomic E-state index is -0.464. The van der Waals surface area contributed by atoms with Gasteiger partial charge in [-0.2, -0.15) is 0 Å². The summed E-state index contributed by atoms with van der Waals surface area (Å²) in [5.41, 5.74) is 4.53. The zero-order valence-corrected chi connectivity index (χ0v) is 12.4. The molecule has 2 rings (SSSR count). The van der Waals surface area contributed by atoms with Gasteiger partial charge in [0.25, 0.3) is 0 Å². The highest BCUT2D eigenvalue weighted by molar-refractivity contribution is 5.53. The van der Waals surface area contributed by atoms with Gasteiger partial charge in [-0.1, -0.05) is 49.4 Å². The van der Waals surface area contributed by atoms with E-state index in [9.17, 15) is 5.11 Å². The molecule has 0 bridgehead atoms. The summed E-state index contributed by atoms with van der Waals surface area (Å²) >= 11 is 0. The molecular weight excluding hydrogens is 246 g/mol. The number of benzene rings is 2. The van der Waals surface area contributed by atoms with Crippen molar-refractivity contribution in [1.82, 2.24) is 0 Å². The van der Waals surface area contributed by atoms with Crippen LogP contribution in [0, 0.1) is 0 Å². The van der Waals surface area contributed by atoms with Crippen LogP contribution in [0.15, 0.2) is 48.5 Å². The molecule has 0 saturated carbocycles. The first-order valence-electron chi connectivity index (χ1n) is 7.24. The smallest absolute Gasteiger partial charge is 0.0781 e. The van der Waals surface area contributed by atoms with Gasteiger partial charge < -0.3 is 10.4 Å². The summed E-state index contributed by atoms with van der Waals surface area (Å²) in [5, 5.41) is 13.3. The Kier molecular flexibility index (Phi) is 4.80. The fourth-order valence-electron chi connectivity index (χ4n) is 2.35. The first kappa shape index (κ1) is 14.6. The van der Waals surface area contributed by atoms with E-state index < -0.39 is 6.10 Å². The number of aliphatic hydroxyl groups excluding tert-OH is 1. The lowest BCUT2D eigenvalue weighted by Crippen LogP contribution is -2.09. The molecule has 0 aromatic heterocycles. The van der Waals surface area contributed by atoms with Crippen molar-refractivity contribution in [2.24, 2.45) is 0 Å². The van der Waals surface area contributed by atoms with Crippen molar-refractivity contribution in [2.45, 2.75) is 39.3 Å². The van der Waals surface area contributed by atoms with Gasteiger partial charge in [-0.25, -0.2) is 0 Å². The predicted octanol–water partition coefficient (Wildman–Crippen LogP) is 4.48. The van der Waals surface area contributed by atoms with Gasteiger partial charge in [-0.15, -0.1) is 0 Å².